The fourth-order valence-corrected chi connectivity index (χ4v) is 3.41. The summed E-state index contributed by atoms with van der Waals surface area (Å²) in [5, 5.41) is 0.819. The van der Waals surface area contributed by atoms with E-state index in [9.17, 15) is 14.4 Å². The number of ether oxygens (including phenoxy) is 2. The number of benzene rings is 1. The van der Waals surface area contributed by atoms with Crippen molar-refractivity contribution >= 4 is 17.7 Å². The molecule has 3 heterocycles. The van der Waals surface area contributed by atoms with E-state index in [0.717, 1.165) is 5.01 Å². The molecule has 0 unspecified atom stereocenters. The standard InChI is InChI=1S/C16H14N2O5/c1-22-9-5-3-2-4-8(9)14(19)17-18-15(20)12-10-6-7-11(23-10)13(12)16(18)21/h2-7,10-13H,1H3,(H,17,19)/t10-,11-,12-,13-/m1/s1. The number of amides is 3. The molecule has 1 aromatic carbocycles. The zero-order valence-corrected chi connectivity index (χ0v) is 12.3. The first-order chi connectivity index (χ1) is 11.1. The van der Waals surface area contributed by atoms with Gasteiger partial charge in [0.25, 0.3) is 17.7 Å². The number of fused-ring (bicyclic) bond motifs is 5. The Morgan fingerprint density at radius 2 is 1.74 bits per heavy atom. The Kier molecular flexibility index (Phi) is 2.99. The lowest BCUT2D eigenvalue weighted by Gasteiger charge is -2.18. The number of nitrogens with zero attached hydrogens (tertiary/aromatic N) is 1. The number of carbonyl (C=O) groups excluding carboxylic acids is 3. The van der Waals surface area contributed by atoms with E-state index in [2.05, 4.69) is 5.43 Å². The SMILES string of the molecule is COc1ccccc1C(=O)NN1C(=O)[C@H]2[C@H](C1=O)[C@H]1C=C[C@H]2O1. The van der Waals surface area contributed by atoms with Gasteiger partial charge in [0.1, 0.15) is 5.75 Å². The van der Waals surface area contributed by atoms with E-state index in [1.54, 1.807) is 36.4 Å². The number of hydrazine groups is 1. The second-order valence-corrected chi connectivity index (χ2v) is 5.65. The van der Waals surface area contributed by atoms with Crippen molar-refractivity contribution in [1.29, 1.82) is 0 Å². The number of methoxy groups -OCH3 is 1. The summed E-state index contributed by atoms with van der Waals surface area (Å²) in [7, 11) is 1.45. The van der Waals surface area contributed by atoms with E-state index >= 15 is 0 Å². The summed E-state index contributed by atoms with van der Waals surface area (Å²) in [5.74, 6) is -2.15. The van der Waals surface area contributed by atoms with Crippen LogP contribution in [0.4, 0.5) is 0 Å². The van der Waals surface area contributed by atoms with Gasteiger partial charge in [0, 0.05) is 0 Å². The molecule has 0 spiro atoms. The van der Waals surface area contributed by atoms with Gasteiger partial charge in [-0.15, -0.1) is 0 Å². The van der Waals surface area contributed by atoms with Gasteiger partial charge >= 0.3 is 0 Å². The summed E-state index contributed by atoms with van der Waals surface area (Å²) < 4.78 is 10.7. The minimum absolute atomic E-state index is 0.255. The van der Waals surface area contributed by atoms with Gasteiger partial charge in [0.05, 0.1) is 36.7 Å². The molecule has 3 amide bonds. The third-order valence-electron chi connectivity index (χ3n) is 4.48. The molecule has 118 valence electrons. The number of imide groups is 1. The first-order valence-electron chi connectivity index (χ1n) is 7.27. The Labute approximate surface area is 131 Å². The van der Waals surface area contributed by atoms with Gasteiger partial charge < -0.3 is 9.47 Å². The van der Waals surface area contributed by atoms with E-state index in [0.29, 0.717) is 5.75 Å². The number of hydrogen-bond acceptors (Lipinski definition) is 5. The van der Waals surface area contributed by atoms with Crippen molar-refractivity contribution < 1.29 is 23.9 Å². The minimum Gasteiger partial charge on any atom is -0.496 e. The van der Waals surface area contributed by atoms with Crippen LogP contribution in [0, 0.1) is 11.8 Å². The van der Waals surface area contributed by atoms with Crippen LogP contribution in [0.5, 0.6) is 5.75 Å². The molecule has 7 heteroatoms. The molecule has 3 aliphatic rings. The molecule has 7 nitrogen and oxygen atoms in total. The molecule has 4 rings (SSSR count). The van der Waals surface area contributed by atoms with Crippen molar-refractivity contribution in [3.63, 3.8) is 0 Å². The molecule has 1 N–H and O–H groups in total. The van der Waals surface area contributed by atoms with Crippen LogP contribution in [0.2, 0.25) is 0 Å². The lowest BCUT2D eigenvalue weighted by Crippen LogP contribution is -2.48. The summed E-state index contributed by atoms with van der Waals surface area (Å²) >= 11 is 0. The van der Waals surface area contributed by atoms with E-state index in [1.165, 1.54) is 7.11 Å². The minimum atomic E-state index is -0.564. The highest BCUT2D eigenvalue weighted by Crippen LogP contribution is 2.44. The average Bonchev–Trinajstić information content (AvgIpc) is 3.24. The van der Waals surface area contributed by atoms with Gasteiger partial charge in [0.2, 0.25) is 0 Å². The molecule has 3 aliphatic heterocycles. The maximum Gasteiger partial charge on any atom is 0.274 e. The molecule has 0 radical (unpaired) electrons. The van der Waals surface area contributed by atoms with Crippen LogP contribution in [-0.2, 0) is 14.3 Å². The molecule has 23 heavy (non-hydrogen) atoms. The summed E-state index contributed by atoms with van der Waals surface area (Å²) in [6.07, 6.45) is 2.83. The molecule has 1 aromatic rings. The maximum absolute atomic E-state index is 12.5. The Morgan fingerprint density at radius 1 is 1.13 bits per heavy atom. The lowest BCUT2D eigenvalue weighted by atomic mass is 9.85. The highest BCUT2D eigenvalue weighted by atomic mass is 16.5. The molecule has 2 bridgehead atoms. The van der Waals surface area contributed by atoms with Crippen LogP contribution in [0.15, 0.2) is 36.4 Å². The van der Waals surface area contributed by atoms with Crippen molar-refractivity contribution in [2.24, 2.45) is 11.8 Å². The Bertz CT molecular complexity index is 714. The van der Waals surface area contributed by atoms with Gasteiger partial charge in [-0.1, -0.05) is 24.3 Å². The number of nitrogens with one attached hydrogen (secondary N) is 1. The first kappa shape index (κ1) is 14.0. The fraction of sp³-hybridized carbons (Fsp3) is 0.312. The van der Waals surface area contributed by atoms with Gasteiger partial charge in [-0.25, -0.2) is 0 Å². The van der Waals surface area contributed by atoms with Crippen LogP contribution >= 0.6 is 0 Å². The van der Waals surface area contributed by atoms with Crippen LogP contribution < -0.4 is 10.2 Å². The highest BCUT2D eigenvalue weighted by Gasteiger charge is 2.61. The maximum atomic E-state index is 12.5. The van der Waals surface area contributed by atoms with Gasteiger partial charge in [-0.3, -0.25) is 19.8 Å². The summed E-state index contributed by atoms with van der Waals surface area (Å²) in [6, 6.07) is 6.61. The smallest absolute Gasteiger partial charge is 0.274 e. The number of hydrogen-bond donors (Lipinski definition) is 1. The number of carbonyl (C=O) groups is 3. The van der Waals surface area contributed by atoms with Crippen molar-refractivity contribution in [3.8, 4) is 5.75 Å². The summed E-state index contributed by atoms with van der Waals surface area (Å²) in [5.41, 5.74) is 2.65. The van der Waals surface area contributed by atoms with E-state index < -0.39 is 29.6 Å². The van der Waals surface area contributed by atoms with Gasteiger partial charge in [0.15, 0.2) is 0 Å². The van der Waals surface area contributed by atoms with Crippen molar-refractivity contribution in [1.82, 2.24) is 10.4 Å². The van der Waals surface area contributed by atoms with E-state index in [-0.39, 0.29) is 17.8 Å². The molecule has 0 aromatic heterocycles. The van der Waals surface area contributed by atoms with Gasteiger partial charge in [-0.05, 0) is 12.1 Å². The summed E-state index contributed by atoms with van der Waals surface area (Å²) in [4.78, 5) is 37.3. The Hall–Kier alpha value is -2.67. The predicted octanol–water partition coefficient (Wildman–Crippen LogP) is 0.278. The zero-order chi connectivity index (χ0) is 16.1. The van der Waals surface area contributed by atoms with Crippen molar-refractivity contribution in [2.45, 2.75) is 12.2 Å². The molecular formula is C16H14N2O5. The molecular weight excluding hydrogens is 300 g/mol. The average molecular weight is 314 g/mol. The number of para-hydroxylation sites is 1. The third-order valence-corrected chi connectivity index (χ3v) is 4.48. The van der Waals surface area contributed by atoms with Crippen molar-refractivity contribution in [2.75, 3.05) is 7.11 Å². The van der Waals surface area contributed by atoms with E-state index in [4.69, 9.17) is 9.47 Å². The van der Waals surface area contributed by atoms with Crippen LogP contribution in [-0.4, -0.2) is 42.0 Å². The quantitative estimate of drug-likeness (QED) is 0.640. The topological polar surface area (TPSA) is 84.9 Å². The van der Waals surface area contributed by atoms with Crippen LogP contribution in [0.25, 0.3) is 0 Å². The predicted molar refractivity (Wildman–Crippen MR) is 77.1 cm³/mol. The third kappa shape index (κ3) is 1.90. The first-order valence-corrected chi connectivity index (χ1v) is 7.27. The zero-order valence-electron chi connectivity index (χ0n) is 12.3. The Balaban J connectivity index is 1.57. The molecule has 4 atom stereocenters. The highest BCUT2D eigenvalue weighted by molar-refractivity contribution is 6.09. The monoisotopic (exact) mass is 314 g/mol. The second-order valence-electron chi connectivity index (χ2n) is 5.65. The lowest BCUT2D eigenvalue weighted by molar-refractivity contribution is -0.145. The number of rotatable bonds is 3. The largest absolute Gasteiger partial charge is 0.496 e. The van der Waals surface area contributed by atoms with Gasteiger partial charge in [-0.2, -0.15) is 5.01 Å². The Morgan fingerprint density at radius 3 is 2.35 bits per heavy atom. The second kappa shape index (κ2) is 4.92. The van der Waals surface area contributed by atoms with Crippen molar-refractivity contribution in [3.05, 3.63) is 42.0 Å². The normalized spacial score (nSPS) is 30.7. The fourth-order valence-electron chi connectivity index (χ4n) is 3.41. The van der Waals surface area contributed by atoms with Crippen LogP contribution in [0.1, 0.15) is 10.4 Å². The molecule has 0 saturated carbocycles. The van der Waals surface area contributed by atoms with Crippen LogP contribution in [0.3, 0.4) is 0 Å². The molecule has 0 aliphatic carbocycles. The molecule has 2 fully saturated rings. The molecule has 2 saturated heterocycles. The summed E-state index contributed by atoms with van der Waals surface area (Å²) in [6.45, 7) is 0. The van der Waals surface area contributed by atoms with E-state index in [1.807, 2.05) is 0 Å².